The number of hydrogen-bond acceptors (Lipinski definition) is 6. The highest BCUT2D eigenvalue weighted by molar-refractivity contribution is 7.27. The fraction of sp³-hybridized carbons (Fsp3) is 0.214. The zero-order valence-corrected chi connectivity index (χ0v) is 22.5. The molecule has 0 radical (unpaired) electrons. The number of aromatic nitrogens is 5. The normalized spacial score (nSPS) is 12.8. The molecule has 4 heterocycles. The van der Waals surface area contributed by atoms with Crippen LogP contribution in [-0.2, 0) is 13.1 Å². The van der Waals surface area contributed by atoms with Crippen molar-refractivity contribution in [2.24, 2.45) is 0 Å². The van der Waals surface area contributed by atoms with E-state index in [4.69, 9.17) is 14.8 Å². The van der Waals surface area contributed by atoms with Crippen LogP contribution in [0.3, 0.4) is 0 Å². The quantitative estimate of drug-likeness (QED) is 0.316. The van der Waals surface area contributed by atoms with E-state index in [2.05, 4.69) is 61.7 Å². The number of benzene rings is 2. The van der Waals surface area contributed by atoms with E-state index >= 15 is 0 Å². The molecule has 2 N–H and O–H groups in total. The van der Waals surface area contributed by atoms with Crippen molar-refractivity contribution in [3.8, 4) is 17.0 Å². The second kappa shape index (κ2) is 9.58. The van der Waals surface area contributed by atoms with Crippen LogP contribution in [0, 0.1) is 0 Å². The molecule has 192 valence electrons. The first-order chi connectivity index (χ1) is 18.4. The topological polar surface area (TPSA) is 100 Å². The van der Waals surface area contributed by atoms with Crippen molar-refractivity contribution in [1.82, 2.24) is 24.8 Å². The molecule has 0 saturated carbocycles. The molecule has 10 heteroatoms. The number of nitrogens with one attached hydrogen (secondary N) is 2. The lowest BCUT2D eigenvalue weighted by molar-refractivity contribution is 0.102. The van der Waals surface area contributed by atoms with Crippen LogP contribution >= 0.6 is 9.24 Å². The molecule has 1 amide bonds. The molecule has 6 rings (SSSR count). The Morgan fingerprint density at radius 2 is 2.00 bits per heavy atom. The summed E-state index contributed by atoms with van der Waals surface area (Å²) in [5, 5.41) is 16.0. The first-order valence-corrected chi connectivity index (χ1v) is 13.0. The lowest BCUT2D eigenvalue weighted by Gasteiger charge is -2.18. The van der Waals surface area contributed by atoms with Crippen molar-refractivity contribution in [2.75, 3.05) is 17.3 Å². The molecule has 2 aromatic carbocycles. The Balaban J connectivity index is 1.48. The molecular weight excluding hydrogens is 497 g/mol. The minimum Gasteiger partial charge on any atom is -0.497 e. The van der Waals surface area contributed by atoms with Crippen LogP contribution in [0.4, 0.5) is 11.5 Å². The standard InChI is InChI=1S/C28H28N7O2P/c1-16(2)25-26(28(36)31-19-7-5-8-20(10-19)37-3)33-35-22(18-12-29-30-13-18)11-24(32-27(25)35)34-14-17-6-4-9-23(38)21(17)15-34/h4-13,16H,14-15,38H2,1-3H3,(H,29,30)(H,31,36). The van der Waals surface area contributed by atoms with Gasteiger partial charge in [-0.2, -0.15) is 10.2 Å². The van der Waals surface area contributed by atoms with Gasteiger partial charge in [-0.25, -0.2) is 9.50 Å². The fourth-order valence-corrected chi connectivity index (χ4v) is 5.37. The summed E-state index contributed by atoms with van der Waals surface area (Å²) >= 11 is 0. The average molecular weight is 526 g/mol. The Labute approximate surface area is 222 Å². The van der Waals surface area contributed by atoms with Crippen molar-refractivity contribution >= 4 is 37.6 Å². The Morgan fingerprint density at radius 3 is 2.74 bits per heavy atom. The molecule has 0 saturated heterocycles. The number of rotatable bonds is 6. The third kappa shape index (κ3) is 4.19. The number of hydrogen-bond donors (Lipinski definition) is 2. The van der Waals surface area contributed by atoms with E-state index in [0.29, 0.717) is 22.8 Å². The maximum absolute atomic E-state index is 13.5. The minimum atomic E-state index is -0.298. The summed E-state index contributed by atoms with van der Waals surface area (Å²) in [6, 6.07) is 15.6. The Hall–Kier alpha value is -4.23. The number of aromatic amines is 1. The molecule has 5 aromatic rings. The molecule has 9 nitrogen and oxygen atoms in total. The molecule has 0 aliphatic carbocycles. The maximum Gasteiger partial charge on any atom is 0.276 e. The number of carbonyl (C=O) groups excluding carboxylic acids is 1. The Kier molecular flexibility index (Phi) is 6.08. The summed E-state index contributed by atoms with van der Waals surface area (Å²) in [6.07, 6.45) is 3.58. The zero-order chi connectivity index (χ0) is 26.4. The van der Waals surface area contributed by atoms with Gasteiger partial charge in [0.25, 0.3) is 5.91 Å². The van der Waals surface area contributed by atoms with Gasteiger partial charge in [-0.1, -0.05) is 38.1 Å². The summed E-state index contributed by atoms with van der Waals surface area (Å²) in [4.78, 5) is 20.9. The Morgan fingerprint density at radius 1 is 1.16 bits per heavy atom. The molecule has 1 atom stereocenters. The summed E-state index contributed by atoms with van der Waals surface area (Å²) in [5.41, 5.74) is 6.69. The zero-order valence-electron chi connectivity index (χ0n) is 21.4. The highest BCUT2D eigenvalue weighted by Gasteiger charge is 2.28. The van der Waals surface area contributed by atoms with E-state index in [1.807, 2.05) is 30.5 Å². The van der Waals surface area contributed by atoms with Gasteiger partial charge < -0.3 is 15.0 Å². The van der Waals surface area contributed by atoms with E-state index in [-0.39, 0.29) is 11.8 Å². The number of H-pyrrole nitrogens is 1. The van der Waals surface area contributed by atoms with Gasteiger partial charge in [0, 0.05) is 48.2 Å². The van der Waals surface area contributed by atoms with Crippen molar-refractivity contribution < 1.29 is 9.53 Å². The third-order valence-electron chi connectivity index (χ3n) is 6.87. The molecular formula is C28H28N7O2P. The SMILES string of the molecule is COc1cccc(NC(=O)c2nn3c(-c4cn[nH]c4)cc(N4Cc5cccc(P)c5C4)nc3c2C(C)C)c1. The van der Waals surface area contributed by atoms with Crippen LogP contribution < -0.4 is 20.3 Å². The van der Waals surface area contributed by atoms with Crippen molar-refractivity contribution in [2.45, 2.75) is 32.9 Å². The number of carbonyl (C=O) groups is 1. The fourth-order valence-electron chi connectivity index (χ4n) is 4.98. The summed E-state index contributed by atoms with van der Waals surface area (Å²) in [5.74, 6) is 1.20. The number of ether oxygens (including phenoxy) is 1. The van der Waals surface area contributed by atoms with Crippen LogP contribution in [0.1, 0.15) is 46.9 Å². The number of fused-ring (bicyclic) bond motifs is 2. The largest absolute Gasteiger partial charge is 0.497 e. The summed E-state index contributed by atoms with van der Waals surface area (Å²) in [6.45, 7) is 5.63. The predicted octanol–water partition coefficient (Wildman–Crippen LogP) is 4.52. The van der Waals surface area contributed by atoms with Crippen LogP contribution in [0.15, 0.2) is 60.9 Å². The van der Waals surface area contributed by atoms with E-state index in [1.165, 1.54) is 16.4 Å². The second-order valence-electron chi connectivity index (χ2n) is 9.67. The molecule has 1 aliphatic heterocycles. The van der Waals surface area contributed by atoms with Crippen molar-refractivity contribution in [3.63, 3.8) is 0 Å². The highest BCUT2D eigenvalue weighted by atomic mass is 31.0. The summed E-state index contributed by atoms with van der Waals surface area (Å²) < 4.78 is 7.06. The number of methoxy groups -OCH3 is 1. The molecule has 38 heavy (non-hydrogen) atoms. The van der Waals surface area contributed by atoms with Gasteiger partial charge in [-0.05, 0) is 34.5 Å². The maximum atomic E-state index is 13.5. The minimum absolute atomic E-state index is 0.00734. The van der Waals surface area contributed by atoms with Gasteiger partial charge in [-0.3, -0.25) is 9.89 Å². The molecule has 3 aromatic heterocycles. The Bertz CT molecular complexity index is 1660. The summed E-state index contributed by atoms with van der Waals surface area (Å²) in [7, 11) is 4.43. The third-order valence-corrected chi connectivity index (χ3v) is 7.41. The van der Waals surface area contributed by atoms with E-state index in [0.717, 1.165) is 35.7 Å². The van der Waals surface area contributed by atoms with E-state index in [1.54, 1.807) is 23.9 Å². The molecule has 1 aliphatic rings. The molecule has 1 unspecified atom stereocenters. The van der Waals surface area contributed by atoms with Gasteiger partial charge in [-0.15, -0.1) is 9.24 Å². The number of amides is 1. The van der Waals surface area contributed by atoms with E-state index < -0.39 is 0 Å². The van der Waals surface area contributed by atoms with Gasteiger partial charge in [0.2, 0.25) is 0 Å². The van der Waals surface area contributed by atoms with Gasteiger partial charge in [0.05, 0.1) is 19.0 Å². The molecule has 0 bridgehead atoms. The van der Waals surface area contributed by atoms with Crippen LogP contribution in [0.2, 0.25) is 0 Å². The average Bonchev–Trinajstić information content (AvgIpc) is 3.67. The van der Waals surface area contributed by atoms with Crippen LogP contribution in [0.25, 0.3) is 16.9 Å². The monoisotopic (exact) mass is 525 g/mol. The van der Waals surface area contributed by atoms with Crippen molar-refractivity contribution in [1.29, 1.82) is 0 Å². The smallest absolute Gasteiger partial charge is 0.276 e. The number of nitrogens with zero attached hydrogens (tertiary/aromatic N) is 5. The predicted molar refractivity (Wildman–Crippen MR) is 151 cm³/mol. The van der Waals surface area contributed by atoms with E-state index in [9.17, 15) is 4.79 Å². The molecule has 0 fully saturated rings. The second-order valence-corrected chi connectivity index (χ2v) is 10.3. The molecule has 0 spiro atoms. The van der Waals surface area contributed by atoms with Gasteiger partial charge in [0.15, 0.2) is 11.3 Å². The lowest BCUT2D eigenvalue weighted by Crippen LogP contribution is -2.18. The van der Waals surface area contributed by atoms with Gasteiger partial charge >= 0.3 is 0 Å². The van der Waals surface area contributed by atoms with Gasteiger partial charge in [0.1, 0.15) is 11.6 Å². The van der Waals surface area contributed by atoms with Crippen LogP contribution in [0.5, 0.6) is 5.75 Å². The van der Waals surface area contributed by atoms with Crippen LogP contribution in [-0.4, -0.2) is 37.8 Å². The van der Waals surface area contributed by atoms with Crippen molar-refractivity contribution in [3.05, 3.63) is 83.3 Å². The highest BCUT2D eigenvalue weighted by Crippen LogP contribution is 2.34. The first-order valence-electron chi connectivity index (χ1n) is 12.4. The first kappa shape index (κ1) is 24.1. The number of anilines is 2. The lowest BCUT2D eigenvalue weighted by atomic mass is 10.0.